The van der Waals surface area contributed by atoms with Crippen LogP contribution in [0.2, 0.25) is 0 Å². The highest BCUT2D eigenvalue weighted by Crippen LogP contribution is 2.31. The van der Waals surface area contributed by atoms with Gasteiger partial charge in [0.05, 0.1) is 13.7 Å². The van der Waals surface area contributed by atoms with Gasteiger partial charge in [-0.25, -0.2) is 4.98 Å². The lowest BCUT2D eigenvalue weighted by atomic mass is 10.3. The van der Waals surface area contributed by atoms with E-state index in [0.29, 0.717) is 28.8 Å². The van der Waals surface area contributed by atoms with E-state index in [1.165, 1.54) is 6.26 Å². The lowest BCUT2D eigenvalue weighted by Crippen LogP contribution is -2.12. The lowest BCUT2D eigenvalue weighted by molar-refractivity contribution is 0.102. The van der Waals surface area contributed by atoms with E-state index in [1.807, 2.05) is 24.3 Å². The van der Waals surface area contributed by atoms with Crippen LogP contribution in [0.4, 0.5) is 5.69 Å². The van der Waals surface area contributed by atoms with Crippen LogP contribution >= 0.6 is 0 Å². The van der Waals surface area contributed by atoms with E-state index in [-0.39, 0.29) is 18.1 Å². The number of hydrogen-bond donors (Lipinski definition) is 2. The van der Waals surface area contributed by atoms with Gasteiger partial charge in [0.25, 0.3) is 5.91 Å². The molecule has 1 amide bonds. The number of methoxy groups -OCH3 is 1. The Labute approximate surface area is 144 Å². The molecule has 7 nitrogen and oxygen atoms in total. The Morgan fingerprint density at radius 3 is 2.52 bits per heavy atom. The second kappa shape index (κ2) is 7.50. The number of ether oxygens (including phenoxy) is 2. The molecule has 0 aliphatic rings. The molecule has 0 saturated carbocycles. The van der Waals surface area contributed by atoms with Crippen molar-refractivity contribution in [2.24, 2.45) is 5.73 Å². The van der Waals surface area contributed by atoms with Crippen LogP contribution in [-0.2, 0) is 6.54 Å². The van der Waals surface area contributed by atoms with Gasteiger partial charge >= 0.3 is 0 Å². The van der Waals surface area contributed by atoms with E-state index in [4.69, 9.17) is 19.6 Å². The van der Waals surface area contributed by atoms with E-state index in [0.717, 1.165) is 0 Å². The fourth-order valence-electron chi connectivity index (χ4n) is 2.14. The topological polar surface area (TPSA) is 99.6 Å². The number of nitrogens with two attached hydrogens (primary N) is 1. The van der Waals surface area contributed by atoms with Crippen LogP contribution in [0.25, 0.3) is 0 Å². The fourth-order valence-corrected chi connectivity index (χ4v) is 2.14. The molecule has 2 aromatic carbocycles. The van der Waals surface area contributed by atoms with Crippen molar-refractivity contribution in [1.82, 2.24) is 4.98 Å². The van der Waals surface area contributed by atoms with E-state index in [1.54, 1.807) is 31.4 Å². The summed E-state index contributed by atoms with van der Waals surface area (Å²) in [5.41, 5.74) is 6.19. The molecule has 0 aliphatic heterocycles. The van der Waals surface area contributed by atoms with E-state index >= 15 is 0 Å². The summed E-state index contributed by atoms with van der Waals surface area (Å²) in [6, 6.07) is 14.3. The highest BCUT2D eigenvalue weighted by atomic mass is 16.5. The zero-order valence-corrected chi connectivity index (χ0v) is 13.6. The van der Waals surface area contributed by atoms with Crippen molar-refractivity contribution in [2.45, 2.75) is 6.54 Å². The summed E-state index contributed by atoms with van der Waals surface area (Å²) >= 11 is 0. The van der Waals surface area contributed by atoms with Crippen LogP contribution in [0.5, 0.6) is 17.2 Å². The molecule has 128 valence electrons. The summed E-state index contributed by atoms with van der Waals surface area (Å²) < 4.78 is 16.1. The molecule has 25 heavy (non-hydrogen) atoms. The molecule has 3 rings (SSSR count). The number of nitrogens with one attached hydrogen (secondary N) is 1. The third-order valence-electron chi connectivity index (χ3n) is 3.37. The molecule has 0 radical (unpaired) electrons. The maximum absolute atomic E-state index is 12.1. The number of aromatic nitrogens is 1. The largest absolute Gasteiger partial charge is 0.493 e. The highest BCUT2D eigenvalue weighted by Gasteiger charge is 2.12. The molecule has 0 atom stereocenters. The first kappa shape index (κ1) is 16.5. The Morgan fingerprint density at radius 1 is 1.16 bits per heavy atom. The Morgan fingerprint density at radius 2 is 1.88 bits per heavy atom. The second-order valence-corrected chi connectivity index (χ2v) is 5.06. The zero-order valence-electron chi connectivity index (χ0n) is 13.6. The maximum atomic E-state index is 12.1. The summed E-state index contributed by atoms with van der Waals surface area (Å²) in [7, 11) is 1.58. The monoisotopic (exact) mass is 339 g/mol. The predicted octanol–water partition coefficient (Wildman–Crippen LogP) is 3.19. The minimum Gasteiger partial charge on any atom is -0.493 e. The van der Waals surface area contributed by atoms with Gasteiger partial charge in [0.1, 0.15) is 12.0 Å². The third kappa shape index (κ3) is 3.96. The number of hydrogen-bond acceptors (Lipinski definition) is 6. The number of nitrogens with zero attached hydrogens (tertiary/aromatic N) is 1. The molecular weight excluding hydrogens is 322 g/mol. The van der Waals surface area contributed by atoms with Crippen molar-refractivity contribution in [1.29, 1.82) is 0 Å². The first-order chi connectivity index (χ1) is 12.2. The Hall–Kier alpha value is -3.32. The standard InChI is InChI=1S/C18H17N3O4/c1-23-15-4-2-3-5-16(15)25-13-8-6-12(7-9-13)20-18(22)14-11-24-17(10-19)21-14/h2-9,11H,10,19H2,1H3,(H,20,22). The average molecular weight is 339 g/mol. The quantitative estimate of drug-likeness (QED) is 0.715. The van der Waals surface area contributed by atoms with Crippen molar-refractivity contribution in [2.75, 3.05) is 12.4 Å². The minimum atomic E-state index is -0.373. The van der Waals surface area contributed by atoms with Crippen LogP contribution < -0.4 is 20.5 Å². The number of carbonyl (C=O) groups excluding carboxylic acids is 1. The first-order valence-corrected chi connectivity index (χ1v) is 7.56. The number of amides is 1. The molecule has 0 unspecified atom stereocenters. The molecular formula is C18H17N3O4. The molecule has 3 N–H and O–H groups in total. The van der Waals surface area contributed by atoms with Gasteiger partial charge in [-0.15, -0.1) is 0 Å². The minimum absolute atomic E-state index is 0.141. The van der Waals surface area contributed by atoms with Crippen LogP contribution in [0.15, 0.2) is 59.2 Å². The number of oxazole rings is 1. The van der Waals surface area contributed by atoms with E-state index < -0.39 is 0 Å². The molecule has 0 bridgehead atoms. The fraction of sp³-hybridized carbons (Fsp3) is 0.111. The zero-order chi connectivity index (χ0) is 17.6. The van der Waals surface area contributed by atoms with Crippen molar-refractivity contribution < 1.29 is 18.7 Å². The van der Waals surface area contributed by atoms with Crippen molar-refractivity contribution in [3.05, 3.63) is 66.4 Å². The molecule has 1 aromatic heterocycles. The SMILES string of the molecule is COc1ccccc1Oc1ccc(NC(=O)c2coc(CN)n2)cc1. The number of carbonyl (C=O) groups is 1. The smallest absolute Gasteiger partial charge is 0.277 e. The molecule has 0 fully saturated rings. The van der Waals surface area contributed by atoms with Crippen LogP contribution in [0, 0.1) is 0 Å². The second-order valence-electron chi connectivity index (χ2n) is 5.06. The normalized spacial score (nSPS) is 10.3. The average Bonchev–Trinajstić information content (AvgIpc) is 3.13. The van der Waals surface area contributed by atoms with E-state index in [2.05, 4.69) is 10.3 Å². The lowest BCUT2D eigenvalue weighted by Gasteiger charge is -2.10. The summed E-state index contributed by atoms with van der Waals surface area (Å²) in [6.45, 7) is 0.141. The summed E-state index contributed by atoms with van der Waals surface area (Å²) in [4.78, 5) is 16.1. The molecule has 7 heteroatoms. The molecule has 0 spiro atoms. The van der Waals surface area contributed by atoms with Gasteiger partial charge in [-0.3, -0.25) is 4.79 Å². The predicted molar refractivity (Wildman–Crippen MR) is 91.9 cm³/mol. The Kier molecular flexibility index (Phi) is 4.96. The molecule has 1 heterocycles. The van der Waals surface area contributed by atoms with Gasteiger partial charge in [0.15, 0.2) is 17.2 Å². The first-order valence-electron chi connectivity index (χ1n) is 7.56. The maximum Gasteiger partial charge on any atom is 0.277 e. The molecule has 0 aliphatic carbocycles. The summed E-state index contributed by atoms with van der Waals surface area (Å²) in [5, 5.41) is 2.73. The number of benzene rings is 2. The summed E-state index contributed by atoms with van der Waals surface area (Å²) in [6.07, 6.45) is 1.27. The molecule has 3 aromatic rings. The van der Waals surface area contributed by atoms with Crippen molar-refractivity contribution in [3.63, 3.8) is 0 Å². The van der Waals surface area contributed by atoms with Gasteiger partial charge in [-0.2, -0.15) is 0 Å². The molecule has 0 saturated heterocycles. The van der Waals surface area contributed by atoms with Crippen molar-refractivity contribution >= 4 is 11.6 Å². The van der Waals surface area contributed by atoms with Crippen LogP contribution in [0.1, 0.15) is 16.4 Å². The van der Waals surface area contributed by atoms with Gasteiger partial charge in [-0.05, 0) is 36.4 Å². The van der Waals surface area contributed by atoms with Gasteiger partial charge < -0.3 is 24.9 Å². The Bertz CT molecular complexity index is 859. The van der Waals surface area contributed by atoms with Gasteiger partial charge in [-0.1, -0.05) is 12.1 Å². The number of rotatable bonds is 6. The number of anilines is 1. The van der Waals surface area contributed by atoms with Gasteiger partial charge in [0, 0.05) is 5.69 Å². The Balaban J connectivity index is 1.66. The van der Waals surface area contributed by atoms with Crippen molar-refractivity contribution in [3.8, 4) is 17.2 Å². The number of para-hydroxylation sites is 2. The summed E-state index contributed by atoms with van der Waals surface area (Å²) in [5.74, 6) is 1.81. The van der Waals surface area contributed by atoms with Gasteiger partial charge in [0.2, 0.25) is 5.89 Å². The van der Waals surface area contributed by atoms with Crippen LogP contribution in [-0.4, -0.2) is 18.0 Å². The van der Waals surface area contributed by atoms with E-state index in [9.17, 15) is 4.79 Å². The van der Waals surface area contributed by atoms with Crippen LogP contribution in [0.3, 0.4) is 0 Å². The third-order valence-corrected chi connectivity index (χ3v) is 3.37. The highest BCUT2D eigenvalue weighted by molar-refractivity contribution is 6.02.